The van der Waals surface area contributed by atoms with Gasteiger partial charge in [-0.1, -0.05) is 54.6 Å². The largest absolute Gasteiger partial charge is 0.324 e. The van der Waals surface area contributed by atoms with Gasteiger partial charge in [0.1, 0.15) is 6.54 Å². The van der Waals surface area contributed by atoms with E-state index in [4.69, 9.17) is 0 Å². The molecule has 0 fully saturated rings. The van der Waals surface area contributed by atoms with Gasteiger partial charge in [0, 0.05) is 16.8 Å². The van der Waals surface area contributed by atoms with Crippen LogP contribution in [0.3, 0.4) is 0 Å². The van der Waals surface area contributed by atoms with Crippen LogP contribution in [0.25, 0.3) is 10.8 Å². The molecule has 0 bridgehead atoms. The zero-order valence-electron chi connectivity index (χ0n) is 14.8. The molecule has 0 saturated heterocycles. The minimum atomic E-state index is -0.615. The fourth-order valence-corrected chi connectivity index (χ4v) is 3.62. The van der Waals surface area contributed by atoms with E-state index in [-0.39, 0.29) is 18.4 Å². The van der Waals surface area contributed by atoms with Crippen molar-refractivity contribution in [1.82, 2.24) is 0 Å². The van der Waals surface area contributed by atoms with Crippen LogP contribution in [0.4, 0.5) is 11.4 Å². The molecule has 26 heavy (non-hydrogen) atoms. The van der Waals surface area contributed by atoms with Gasteiger partial charge in [0.2, 0.25) is 11.8 Å². The highest BCUT2D eigenvalue weighted by atomic mass is 16.2. The molecule has 1 heterocycles. The molecule has 0 aliphatic carbocycles. The van der Waals surface area contributed by atoms with Crippen LogP contribution in [-0.2, 0) is 15.0 Å². The molecule has 4 heteroatoms. The third kappa shape index (κ3) is 2.54. The van der Waals surface area contributed by atoms with Crippen molar-refractivity contribution in [3.63, 3.8) is 0 Å². The number of carbonyl (C=O) groups excluding carboxylic acids is 2. The lowest BCUT2D eigenvalue weighted by Crippen LogP contribution is -2.40. The summed E-state index contributed by atoms with van der Waals surface area (Å²) in [7, 11) is 0. The molecule has 0 atom stereocenters. The number of anilines is 2. The van der Waals surface area contributed by atoms with Gasteiger partial charge >= 0.3 is 0 Å². The number of carbonyl (C=O) groups is 2. The summed E-state index contributed by atoms with van der Waals surface area (Å²) in [4.78, 5) is 27.1. The summed E-state index contributed by atoms with van der Waals surface area (Å²) < 4.78 is 0. The van der Waals surface area contributed by atoms with Crippen molar-refractivity contribution in [1.29, 1.82) is 0 Å². The van der Waals surface area contributed by atoms with Gasteiger partial charge in [-0.15, -0.1) is 0 Å². The summed E-state index contributed by atoms with van der Waals surface area (Å²) in [5.74, 6) is -0.256. The van der Waals surface area contributed by atoms with E-state index < -0.39 is 5.41 Å². The maximum atomic E-state index is 12.8. The van der Waals surface area contributed by atoms with E-state index in [1.165, 1.54) is 0 Å². The maximum Gasteiger partial charge on any atom is 0.244 e. The van der Waals surface area contributed by atoms with E-state index in [0.717, 1.165) is 27.7 Å². The Morgan fingerprint density at radius 2 is 1.65 bits per heavy atom. The predicted molar refractivity (Wildman–Crippen MR) is 104 cm³/mol. The molecule has 1 N–H and O–H groups in total. The van der Waals surface area contributed by atoms with Crippen LogP contribution in [0.2, 0.25) is 0 Å². The third-order valence-corrected chi connectivity index (χ3v) is 5.01. The van der Waals surface area contributed by atoms with Crippen LogP contribution >= 0.6 is 0 Å². The second kappa shape index (κ2) is 5.99. The molecule has 3 aromatic rings. The third-order valence-electron chi connectivity index (χ3n) is 5.01. The number of nitrogens with zero attached hydrogens (tertiary/aromatic N) is 1. The smallest absolute Gasteiger partial charge is 0.244 e. The van der Waals surface area contributed by atoms with Crippen molar-refractivity contribution in [2.75, 3.05) is 16.8 Å². The Balaban J connectivity index is 1.60. The number of para-hydroxylation sites is 1. The monoisotopic (exact) mass is 344 g/mol. The van der Waals surface area contributed by atoms with Crippen LogP contribution < -0.4 is 10.2 Å². The second-order valence-corrected chi connectivity index (χ2v) is 7.11. The zero-order valence-corrected chi connectivity index (χ0v) is 14.8. The number of hydrogen-bond donors (Lipinski definition) is 1. The van der Waals surface area contributed by atoms with E-state index in [1.807, 2.05) is 80.6 Å². The Hall–Kier alpha value is -3.14. The van der Waals surface area contributed by atoms with Gasteiger partial charge in [0.05, 0.1) is 5.41 Å². The molecule has 0 aromatic heterocycles. The van der Waals surface area contributed by atoms with E-state index in [9.17, 15) is 9.59 Å². The number of rotatable bonds is 3. The molecule has 4 nitrogen and oxygen atoms in total. The number of nitrogens with one attached hydrogen (secondary N) is 1. The minimum absolute atomic E-state index is 0.00248. The second-order valence-electron chi connectivity index (χ2n) is 7.11. The number of benzene rings is 3. The van der Waals surface area contributed by atoms with E-state index in [1.54, 1.807) is 4.90 Å². The van der Waals surface area contributed by atoms with E-state index >= 15 is 0 Å². The first-order valence-electron chi connectivity index (χ1n) is 8.67. The van der Waals surface area contributed by atoms with E-state index in [2.05, 4.69) is 5.32 Å². The normalized spacial score (nSPS) is 15.2. The Labute approximate surface area is 152 Å². The molecule has 4 rings (SSSR count). The Kier molecular flexibility index (Phi) is 3.76. The van der Waals surface area contributed by atoms with Crippen molar-refractivity contribution in [2.45, 2.75) is 19.3 Å². The average molecular weight is 344 g/mol. The van der Waals surface area contributed by atoms with E-state index in [0.29, 0.717) is 0 Å². The van der Waals surface area contributed by atoms with Crippen LogP contribution in [-0.4, -0.2) is 18.4 Å². The lowest BCUT2D eigenvalue weighted by molar-refractivity contribution is -0.124. The first-order valence-corrected chi connectivity index (χ1v) is 8.67. The molecule has 1 aliphatic rings. The SMILES string of the molecule is CC1(C)C(=O)N(CC(=O)Nc2cccc3ccccc23)c2ccccc21. The summed E-state index contributed by atoms with van der Waals surface area (Å²) in [6.45, 7) is 3.80. The van der Waals surface area contributed by atoms with Crippen LogP contribution in [0.5, 0.6) is 0 Å². The average Bonchev–Trinajstić information content (AvgIpc) is 2.83. The number of fused-ring (bicyclic) bond motifs is 2. The molecule has 0 unspecified atom stereocenters. The Morgan fingerprint density at radius 3 is 2.50 bits per heavy atom. The van der Waals surface area contributed by atoms with Crippen molar-refractivity contribution < 1.29 is 9.59 Å². The Bertz CT molecular complexity index is 1020. The van der Waals surface area contributed by atoms with Gasteiger partial charge < -0.3 is 10.2 Å². The van der Waals surface area contributed by atoms with Crippen LogP contribution in [0.15, 0.2) is 66.7 Å². The van der Waals surface area contributed by atoms with Gasteiger partial charge in [0.25, 0.3) is 0 Å². The summed E-state index contributed by atoms with van der Waals surface area (Å²) >= 11 is 0. The fraction of sp³-hybridized carbons (Fsp3) is 0.182. The molecular weight excluding hydrogens is 324 g/mol. The summed E-state index contributed by atoms with van der Waals surface area (Å²) in [6, 6.07) is 21.4. The van der Waals surface area contributed by atoms with Crippen LogP contribution in [0, 0.1) is 0 Å². The first kappa shape index (κ1) is 16.3. The van der Waals surface area contributed by atoms with Crippen molar-refractivity contribution in [3.8, 4) is 0 Å². The topological polar surface area (TPSA) is 49.4 Å². The molecule has 0 saturated carbocycles. The number of hydrogen-bond acceptors (Lipinski definition) is 2. The lowest BCUT2D eigenvalue weighted by Gasteiger charge is -2.20. The van der Waals surface area contributed by atoms with Gasteiger partial charge in [-0.25, -0.2) is 0 Å². The molecule has 0 radical (unpaired) electrons. The van der Waals surface area contributed by atoms with Crippen molar-refractivity contribution in [3.05, 3.63) is 72.3 Å². The highest BCUT2D eigenvalue weighted by Crippen LogP contribution is 2.41. The molecular formula is C22H20N2O2. The highest BCUT2D eigenvalue weighted by molar-refractivity contribution is 6.12. The van der Waals surface area contributed by atoms with Crippen molar-refractivity contribution in [2.24, 2.45) is 0 Å². The van der Waals surface area contributed by atoms with Gasteiger partial charge in [-0.3, -0.25) is 9.59 Å². The molecule has 3 aromatic carbocycles. The molecule has 0 spiro atoms. The van der Waals surface area contributed by atoms with Crippen molar-refractivity contribution >= 4 is 34.0 Å². The fourth-order valence-electron chi connectivity index (χ4n) is 3.62. The van der Waals surface area contributed by atoms with Gasteiger partial charge in [-0.05, 0) is 36.9 Å². The zero-order chi connectivity index (χ0) is 18.3. The first-order chi connectivity index (χ1) is 12.5. The molecule has 1 aliphatic heterocycles. The maximum absolute atomic E-state index is 12.8. The quantitative estimate of drug-likeness (QED) is 0.777. The Morgan fingerprint density at radius 1 is 0.962 bits per heavy atom. The standard InChI is InChI=1S/C22H20N2O2/c1-22(2)17-11-5-6-13-19(17)24(21(22)26)14-20(25)23-18-12-7-9-15-8-3-4-10-16(15)18/h3-13H,14H2,1-2H3,(H,23,25). The summed E-state index contributed by atoms with van der Waals surface area (Å²) in [5, 5.41) is 5.00. The lowest BCUT2D eigenvalue weighted by atomic mass is 9.86. The molecule has 2 amide bonds. The number of amides is 2. The highest BCUT2D eigenvalue weighted by Gasteiger charge is 2.44. The molecule has 130 valence electrons. The van der Waals surface area contributed by atoms with Gasteiger partial charge in [0.15, 0.2) is 0 Å². The predicted octanol–water partition coefficient (Wildman–Crippen LogP) is 4.10. The summed E-state index contributed by atoms with van der Waals surface area (Å²) in [6.07, 6.45) is 0. The summed E-state index contributed by atoms with van der Waals surface area (Å²) in [5.41, 5.74) is 1.92. The van der Waals surface area contributed by atoms with Gasteiger partial charge in [-0.2, -0.15) is 0 Å². The van der Waals surface area contributed by atoms with Crippen LogP contribution in [0.1, 0.15) is 19.4 Å². The minimum Gasteiger partial charge on any atom is -0.324 e.